The Balaban J connectivity index is 1.85. The minimum atomic E-state index is -0.766. The van der Waals surface area contributed by atoms with Crippen molar-refractivity contribution in [2.45, 2.75) is 32.7 Å². The van der Waals surface area contributed by atoms with Crippen molar-refractivity contribution in [3.05, 3.63) is 107 Å². The van der Waals surface area contributed by atoms with E-state index < -0.39 is 17.7 Å². The molecule has 0 fully saturated rings. The van der Waals surface area contributed by atoms with Crippen molar-refractivity contribution in [3.8, 4) is 0 Å². The van der Waals surface area contributed by atoms with Crippen LogP contribution in [0.1, 0.15) is 52.9 Å². The van der Waals surface area contributed by atoms with E-state index >= 15 is 0 Å². The lowest BCUT2D eigenvalue weighted by molar-refractivity contribution is -0.117. The molecule has 1 unspecified atom stereocenters. The summed E-state index contributed by atoms with van der Waals surface area (Å²) in [7, 11) is 0. The first-order valence-corrected chi connectivity index (χ1v) is 10.3. The van der Waals surface area contributed by atoms with Crippen LogP contribution in [0.3, 0.4) is 0 Å². The number of aryl methyl sites for hydroxylation is 1. The normalized spacial score (nSPS) is 16.3. The molecule has 1 atom stereocenters. The van der Waals surface area contributed by atoms with E-state index in [-0.39, 0.29) is 11.4 Å². The number of carbonyl (C=O) groups excluding carboxylic acids is 2. The van der Waals surface area contributed by atoms with Gasteiger partial charge in [0.25, 0.3) is 5.91 Å². The number of aliphatic hydroxyl groups excluding tert-OH is 1. The number of amides is 1. The van der Waals surface area contributed by atoms with Crippen molar-refractivity contribution in [1.82, 2.24) is 4.98 Å². The van der Waals surface area contributed by atoms with E-state index in [2.05, 4.69) is 18.8 Å². The second-order valence-electron chi connectivity index (χ2n) is 8.04. The van der Waals surface area contributed by atoms with Gasteiger partial charge >= 0.3 is 0 Å². The molecule has 1 aromatic heterocycles. The van der Waals surface area contributed by atoms with Gasteiger partial charge in [0.2, 0.25) is 0 Å². The van der Waals surface area contributed by atoms with Crippen molar-refractivity contribution in [2.24, 2.45) is 0 Å². The molecule has 1 aliphatic rings. The predicted molar refractivity (Wildman–Crippen MR) is 120 cm³/mol. The third-order valence-electron chi connectivity index (χ3n) is 5.58. The third-order valence-corrected chi connectivity index (χ3v) is 5.58. The Kier molecular flexibility index (Phi) is 5.42. The number of aromatic nitrogens is 1. The summed E-state index contributed by atoms with van der Waals surface area (Å²) in [5.41, 5.74) is 3.40. The summed E-state index contributed by atoms with van der Waals surface area (Å²) in [6.07, 6.45) is 1.58. The third kappa shape index (κ3) is 3.75. The molecule has 1 aliphatic heterocycles. The van der Waals surface area contributed by atoms with Gasteiger partial charge in [0, 0.05) is 11.8 Å². The van der Waals surface area contributed by atoms with Crippen molar-refractivity contribution in [2.75, 3.05) is 4.90 Å². The molecule has 5 heteroatoms. The van der Waals surface area contributed by atoms with Crippen LogP contribution >= 0.6 is 0 Å². The molecule has 4 rings (SSSR count). The molecule has 0 radical (unpaired) electrons. The van der Waals surface area contributed by atoms with Crippen molar-refractivity contribution >= 4 is 17.5 Å². The maximum absolute atomic E-state index is 13.4. The molecular weight excluding hydrogens is 388 g/mol. The number of aliphatic hydroxyl groups is 1. The molecule has 3 aromatic rings. The Bertz CT molecular complexity index is 1150. The Morgan fingerprint density at radius 2 is 1.68 bits per heavy atom. The molecule has 1 N–H and O–H groups in total. The fourth-order valence-corrected chi connectivity index (χ4v) is 3.81. The van der Waals surface area contributed by atoms with Crippen molar-refractivity contribution in [3.63, 3.8) is 0 Å². The minimum Gasteiger partial charge on any atom is -0.503 e. The topological polar surface area (TPSA) is 70.5 Å². The first-order valence-electron chi connectivity index (χ1n) is 10.3. The highest BCUT2D eigenvalue weighted by atomic mass is 16.3. The lowest BCUT2D eigenvalue weighted by Crippen LogP contribution is -2.31. The first kappa shape index (κ1) is 20.5. The predicted octanol–water partition coefficient (Wildman–Crippen LogP) is 5.30. The molecule has 2 heterocycles. The minimum absolute atomic E-state index is 0.0665. The first-order chi connectivity index (χ1) is 14.9. The summed E-state index contributed by atoms with van der Waals surface area (Å²) >= 11 is 0. The number of carbonyl (C=O) groups is 2. The Labute approximate surface area is 181 Å². The molecule has 1 amide bonds. The van der Waals surface area contributed by atoms with Crippen LogP contribution in [0.5, 0.6) is 0 Å². The van der Waals surface area contributed by atoms with Crippen molar-refractivity contribution < 1.29 is 14.7 Å². The molecule has 0 saturated heterocycles. The zero-order valence-electron chi connectivity index (χ0n) is 17.7. The van der Waals surface area contributed by atoms with E-state index in [0.29, 0.717) is 17.3 Å². The quantitative estimate of drug-likeness (QED) is 0.578. The van der Waals surface area contributed by atoms with E-state index in [1.807, 2.05) is 43.3 Å². The number of hydrogen-bond donors (Lipinski definition) is 1. The SMILES string of the molecule is Cc1ccc(C(=O)C2=C(O)C(=O)N(c3ccccn3)C2c2ccc(C(C)C)cc2)cc1. The molecule has 0 aliphatic carbocycles. The zero-order valence-corrected chi connectivity index (χ0v) is 17.7. The molecule has 156 valence electrons. The Hall–Kier alpha value is -3.73. The monoisotopic (exact) mass is 412 g/mol. The summed E-state index contributed by atoms with van der Waals surface area (Å²) in [5.74, 6) is -0.809. The molecule has 0 bridgehead atoms. The van der Waals surface area contributed by atoms with Crippen LogP contribution in [0, 0.1) is 6.92 Å². The van der Waals surface area contributed by atoms with Crippen LogP contribution < -0.4 is 4.90 Å². The standard InChI is InChI=1S/C26H24N2O3/c1-16(2)18-11-13-19(14-12-18)23-22(24(29)20-9-7-17(3)8-10-20)25(30)26(31)28(23)21-6-4-5-15-27-21/h4-16,23,30H,1-3H3. The largest absolute Gasteiger partial charge is 0.503 e. The summed E-state index contributed by atoms with van der Waals surface area (Å²) < 4.78 is 0. The maximum atomic E-state index is 13.4. The average Bonchev–Trinajstić information content (AvgIpc) is 3.05. The van der Waals surface area contributed by atoms with Crippen LogP contribution in [0.2, 0.25) is 0 Å². The number of ketones is 1. The van der Waals surface area contributed by atoms with Gasteiger partial charge in [-0.15, -0.1) is 0 Å². The highest BCUT2D eigenvalue weighted by molar-refractivity contribution is 6.20. The number of hydrogen-bond acceptors (Lipinski definition) is 4. The van der Waals surface area contributed by atoms with Gasteiger partial charge in [-0.3, -0.25) is 14.5 Å². The second-order valence-corrected chi connectivity index (χ2v) is 8.04. The van der Waals surface area contributed by atoms with Crippen LogP contribution in [0.15, 0.2) is 84.3 Å². The fourth-order valence-electron chi connectivity index (χ4n) is 3.81. The molecule has 2 aromatic carbocycles. The Morgan fingerprint density at radius 1 is 1.00 bits per heavy atom. The number of anilines is 1. The van der Waals surface area contributed by atoms with Crippen LogP contribution in [0.4, 0.5) is 5.82 Å². The van der Waals surface area contributed by atoms with Gasteiger partial charge in [0.05, 0.1) is 11.6 Å². The zero-order chi connectivity index (χ0) is 22.1. The number of pyridine rings is 1. The summed E-state index contributed by atoms with van der Waals surface area (Å²) in [4.78, 5) is 32.2. The van der Waals surface area contributed by atoms with Gasteiger partial charge in [-0.1, -0.05) is 74.0 Å². The summed E-state index contributed by atoms with van der Waals surface area (Å²) in [6.45, 7) is 6.14. The highest BCUT2D eigenvalue weighted by Crippen LogP contribution is 2.41. The smallest absolute Gasteiger partial charge is 0.295 e. The van der Waals surface area contributed by atoms with Crippen molar-refractivity contribution in [1.29, 1.82) is 0 Å². The van der Waals surface area contributed by atoms with E-state index in [1.54, 1.807) is 36.5 Å². The van der Waals surface area contributed by atoms with E-state index in [4.69, 9.17) is 0 Å². The Morgan fingerprint density at radius 3 is 2.26 bits per heavy atom. The number of benzene rings is 2. The molecule has 0 saturated carbocycles. The van der Waals surface area contributed by atoms with Crippen LogP contribution in [-0.4, -0.2) is 21.8 Å². The van der Waals surface area contributed by atoms with Gasteiger partial charge in [0.1, 0.15) is 5.82 Å². The number of rotatable bonds is 5. The van der Waals surface area contributed by atoms with Crippen LogP contribution in [-0.2, 0) is 4.79 Å². The molecule has 0 spiro atoms. The van der Waals surface area contributed by atoms with Gasteiger partial charge in [-0.25, -0.2) is 4.98 Å². The highest BCUT2D eigenvalue weighted by Gasteiger charge is 2.45. The maximum Gasteiger partial charge on any atom is 0.295 e. The summed E-state index contributed by atoms with van der Waals surface area (Å²) in [6, 6.07) is 19.3. The molecule has 31 heavy (non-hydrogen) atoms. The van der Waals surface area contributed by atoms with E-state index in [0.717, 1.165) is 16.7 Å². The van der Waals surface area contributed by atoms with E-state index in [1.165, 1.54) is 4.90 Å². The fraction of sp³-hybridized carbons (Fsp3) is 0.192. The average molecular weight is 412 g/mol. The lowest BCUT2D eigenvalue weighted by Gasteiger charge is -2.26. The van der Waals surface area contributed by atoms with Gasteiger partial charge in [-0.05, 0) is 36.1 Å². The van der Waals surface area contributed by atoms with Gasteiger partial charge in [-0.2, -0.15) is 0 Å². The molecule has 5 nitrogen and oxygen atoms in total. The number of nitrogens with zero attached hydrogens (tertiary/aromatic N) is 2. The summed E-state index contributed by atoms with van der Waals surface area (Å²) in [5, 5.41) is 10.8. The van der Waals surface area contributed by atoms with E-state index in [9.17, 15) is 14.7 Å². The van der Waals surface area contributed by atoms with Gasteiger partial charge < -0.3 is 5.11 Å². The lowest BCUT2D eigenvalue weighted by atomic mass is 9.91. The van der Waals surface area contributed by atoms with Crippen LogP contribution in [0.25, 0.3) is 0 Å². The number of Topliss-reactive ketones (excluding diaryl/α,β-unsaturated/α-hetero) is 1. The molecular formula is C26H24N2O3. The van der Waals surface area contributed by atoms with Gasteiger partial charge in [0.15, 0.2) is 11.5 Å². The second kappa shape index (κ2) is 8.19.